The summed E-state index contributed by atoms with van der Waals surface area (Å²) >= 11 is 0. The first-order chi connectivity index (χ1) is 10.7. The highest BCUT2D eigenvalue weighted by molar-refractivity contribution is 6.01. The third-order valence-corrected chi connectivity index (χ3v) is 3.91. The van der Waals surface area contributed by atoms with Crippen molar-refractivity contribution in [1.82, 2.24) is 0 Å². The number of nitrogens with zero attached hydrogens (tertiary/aromatic N) is 1. The third kappa shape index (κ3) is 2.77. The molecule has 1 unspecified atom stereocenters. The van der Waals surface area contributed by atoms with Crippen molar-refractivity contribution in [1.29, 1.82) is 0 Å². The molecule has 0 fully saturated rings. The highest BCUT2D eigenvalue weighted by Gasteiger charge is 2.32. The average molecular weight is 296 g/mol. The Morgan fingerprint density at radius 3 is 2.68 bits per heavy atom. The zero-order valence-electron chi connectivity index (χ0n) is 12.7. The van der Waals surface area contributed by atoms with Crippen molar-refractivity contribution in [2.24, 2.45) is 0 Å². The Balaban J connectivity index is 1.75. The maximum atomic E-state index is 12.4. The maximum Gasteiger partial charge on any atom is 0.267 e. The molecule has 0 saturated carbocycles. The first-order valence-electron chi connectivity index (χ1n) is 7.57. The predicted octanol–water partition coefficient (Wildman–Crippen LogP) is 3.02. The number of carbonyl (C=O) groups is 1. The number of carbonyl (C=O) groups excluding carboxylic acids is 1. The summed E-state index contributed by atoms with van der Waals surface area (Å²) in [5.74, 6) is 0.612. The standard InChI is InChI=1S/C18H20N2O2/c1-13-18(21)20(12-6-9-14-7-3-2-4-8-14)16-11-5-10-15(19)17(16)22-13/h2-5,7-8,10-11,13H,6,9,12,19H2,1H3. The molecule has 3 rings (SSSR count). The highest BCUT2D eigenvalue weighted by Crippen LogP contribution is 2.38. The Labute approximate surface area is 130 Å². The summed E-state index contributed by atoms with van der Waals surface area (Å²) in [5.41, 5.74) is 8.60. The Bertz CT molecular complexity index is 670. The lowest BCUT2D eigenvalue weighted by atomic mass is 10.1. The van der Waals surface area contributed by atoms with Crippen molar-refractivity contribution >= 4 is 17.3 Å². The number of hydrogen-bond donors (Lipinski definition) is 1. The van der Waals surface area contributed by atoms with Crippen LogP contribution in [0.4, 0.5) is 11.4 Å². The number of hydrogen-bond acceptors (Lipinski definition) is 3. The summed E-state index contributed by atoms with van der Waals surface area (Å²) in [7, 11) is 0. The van der Waals surface area contributed by atoms with Crippen LogP contribution in [-0.2, 0) is 11.2 Å². The van der Waals surface area contributed by atoms with Crippen molar-refractivity contribution in [3.63, 3.8) is 0 Å². The van der Waals surface area contributed by atoms with Crippen LogP contribution in [0.15, 0.2) is 48.5 Å². The first-order valence-corrected chi connectivity index (χ1v) is 7.57. The fourth-order valence-corrected chi connectivity index (χ4v) is 2.77. The molecule has 2 aromatic carbocycles. The van der Waals surface area contributed by atoms with Crippen molar-refractivity contribution in [2.75, 3.05) is 17.2 Å². The van der Waals surface area contributed by atoms with Gasteiger partial charge in [0.05, 0.1) is 11.4 Å². The minimum Gasteiger partial charge on any atom is -0.477 e. The zero-order valence-corrected chi connectivity index (χ0v) is 12.7. The molecule has 0 aliphatic carbocycles. The van der Waals surface area contributed by atoms with Gasteiger partial charge in [-0.05, 0) is 37.5 Å². The SMILES string of the molecule is CC1Oc2c(N)cccc2N(CCCc2ccccc2)C1=O. The molecule has 22 heavy (non-hydrogen) atoms. The van der Waals surface area contributed by atoms with E-state index >= 15 is 0 Å². The summed E-state index contributed by atoms with van der Waals surface area (Å²) in [6.07, 6.45) is 1.35. The van der Waals surface area contributed by atoms with E-state index in [-0.39, 0.29) is 5.91 Å². The van der Waals surface area contributed by atoms with E-state index in [0.29, 0.717) is 18.0 Å². The number of nitrogens with two attached hydrogens (primary N) is 1. The first kappa shape index (κ1) is 14.4. The number of amides is 1. The molecule has 2 N–H and O–H groups in total. The fourth-order valence-electron chi connectivity index (χ4n) is 2.77. The number of nitrogen functional groups attached to an aromatic ring is 1. The van der Waals surface area contributed by atoms with Gasteiger partial charge < -0.3 is 15.4 Å². The Hall–Kier alpha value is -2.49. The number of benzene rings is 2. The van der Waals surface area contributed by atoms with Gasteiger partial charge in [0.25, 0.3) is 5.91 Å². The van der Waals surface area contributed by atoms with Gasteiger partial charge >= 0.3 is 0 Å². The van der Waals surface area contributed by atoms with Gasteiger partial charge in [-0.1, -0.05) is 36.4 Å². The van der Waals surface area contributed by atoms with E-state index in [4.69, 9.17) is 10.5 Å². The van der Waals surface area contributed by atoms with Crippen LogP contribution < -0.4 is 15.4 Å². The summed E-state index contributed by atoms with van der Waals surface area (Å²) < 4.78 is 5.65. The molecular weight excluding hydrogens is 276 g/mol. The predicted molar refractivity (Wildman–Crippen MR) is 88.1 cm³/mol. The smallest absolute Gasteiger partial charge is 0.267 e. The van der Waals surface area contributed by atoms with Gasteiger partial charge in [0, 0.05) is 6.54 Å². The lowest BCUT2D eigenvalue weighted by Gasteiger charge is -2.33. The number of fused-ring (bicyclic) bond motifs is 1. The van der Waals surface area contributed by atoms with Gasteiger partial charge in [-0.2, -0.15) is 0 Å². The van der Waals surface area contributed by atoms with Gasteiger partial charge in [-0.25, -0.2) is 0 Å². The molecule has 0 saturated heterocycles. The minimum atomic E-state index is -0.492. The van der Waals surface area contributed by atoms with Gasteiger partial charge in [-0.15, -0.1) is 0 Å². The van der Waals surface area contributed by atoms with Crippen LogP contribution in [-0.4, -0.2) is 18.6 Å². The van der Waals surface area contributed by atoms with Crippen LogP contribution >= 0.6 is 0 Å². The molecule has 0 bridgehead atoms. The van der Waals surface area contributed by atoms with Crippen molar-refractivity contribution in [3.8, 4) is 5.75 Å². The van der Waals surface area contributed by atoms with Crippen LogP contribution in [0.2, 0.25) is 0 Å². The van der Waals surface area contributed by atoms with E-state index in [9.17, 15) is 4.79 Å². The molecule has 2 aromatic rings. The molecule has 0 spiro atoms. The second-order valence-corrected chi connectivity index (χ2v) is 5.53. The molecule has 4 heteroatoms. The highest BCUT2D eigenvalue weighted by atomic mass is 16.5. The quantitative estimate of drug-likeness (QED) is 0.882. The summed E-state index contributed by atoms with van der Waals surface area (Å²) in [6.45, 7) is 2.43. The zero-order chi connectivity index (χ0) is 15.5. The average Bonchev–Trinajstić information content (AvgIpc) is 2.53. The Morgan fingerprint density at radius 2 is 1.91 bits per heavy atom. The lowest BCUT2D eigenvalue weighted by molar-refractivity contribution is -0.125. The number of aryl methyl sites for hydroxylation is 1. The third-order valence-electron chi connectivity index (χ3n) is 3.91. The second kappa shape index (κ2) is 6.10. The summed E-state index contributed by atoms with van der Waals surface area (Å²) in [4.78, 5) is 14.2. The minimum absolute atomic E-state index is 0.00818. The summed E-state index contributed by atoms with van der Waals surface area (Å²) in [5, 5.41) is 0. The van der Waals surface area contributed by atoms with E-state index in [0.717, 1.165) is 18.5 Å². The number of anilines is 2. The van der Waals surface area contributed by atoms with Crippen LogP contribution in [0.25, 0.3) is 0 Å². The molecule has 1 heterocycles. The Morgan fingerprint density at radius 1 is 1.14 bits per heavy atom. The molecule has 0 aromatic heterocycles. The van der Waals surface area contributed by atoms with E-state index in [1.54, 1.807) is 17.9 Å². The Kier molecular flexibility index (Phi) is 4.00. The normalized spacial score (nSPS) is 17.0. The van der Waals surface area contributed by atoms with E-state index < -0.39 is 6.10 Å². The molecular formula is C18H20N2O2. The van der Waals surface area contributed by atoms with E-state index in [1.165, 1.54) is 5.56 Å². The maximum absolute atomic E-state index is 12.4. The fraction of sp³-hybridized carbons (Fsp3) is 0.278. The monoisotopic (exact) mass is 296 g/mol. The van der Waals surface area contributed by atoms with Crippen LogP contribution in [0.1, 0.15) is 18.9 Å². The molecule has 4 nitrogen and oxygen atoms in total. The van der Waals surface area contributed by atoms with Gasteiger partial charge in [0.15, 0.2) is 11.9 Å². The van der Waals surface area contributed by atoms with Crippen molar-refractivity contribution < 1.29 is 9.53 Å². The molecule has 1 aliphatic heterocycles. The van der Waals surface area contributed by atoms with Crippen molar-refractivity contribution in [3.05, 3.63) is 54.1 Å². The number of para-hydroxylation sites is 1. The van der Waals surface area contributed by atoms with Gasteiger partial charge in [0.2, 0.25) is 0 Å². The van der Waals surface area contributed by atoms with Crippen LogP contribution in [0.3, 0.4) is 0 Å². The molecule has 1 amide bonds. The van der Waals surface area contributed by atoms with Crippen LogP contribution in [0.5, 0.6) is 5.75 Å². The molecule has 114 valence electrons. The lowest BCUT2D eigenvalue weighted by Crippen LogP contribution is -2.45. The van der Waals surface area contributed by atoms with Crippen LogP contribution in [0, 0.1) is 0 Å². The van der Waals surface area contributed by atoms with Gasteiger partial charge in [-0.3, -0.25) is 4.79 Å². The van der Waals surface area contributed by atoms with Gasteiger partial charge in [0.1, 0.15) is 0 Å². The second-order valence-electron chi connectivity index (χ2n) is 5.53. The number of ether oxygens (including phenoxy) is 1. The van der Waals surface area contributed by atoms with E-state index in [2.05, 4.69) is 12.1 Å². The molecule has 0 radical (unpaired) electrons. The summed E-state index contributed by atoms with van der Waals surface area (Å²) in [6, 6.07) is 15.8. The van der Waals surface area contributed by atoms with E-state index in [1.807, 2.05) is 30.3 Å². The topological polar surface area (TPSA) is 55.6 Å². The molecule has 1 aliphatic rings. The molecule has 1 atom stereocenters. The van der Waals surface area contributed by atoms with Crippen molar-refractivity contribution in [2.45, 2.75) is 25.9 Å². The number of rotatable bonds is 4. The largest absolute Gasteiger partial charge is 0.477 e.